The van der Waals surface area contributed by atoms with Crippen LogP contribution in [0.4, 0.5) is 5.95 Å². The van der Waals surface area contributed by atoms with Crippen molar-refractivity contribution in [1.82, 2.24) is 30.4 Å². The highest BCUT2D eigenvalue weighted by molar-refractivity contribution is 5.94. The summed E-state index contributed by atoms with van der Waals surface area (Å²) < 4.78 is 1.85. The zero-order chi connectivity index (χ0) is 21.8. The Morgan fingerprint density at radius 1 is 0.781 bits per heavy atom. The van der Waals surface area contributed by atoms with Gasteiger partial charge in [-0.05, 0) is 18.2 Å². The van der Waals surface area contributed by atoms with Crippen molar-refractivity contribution in [2.75, 3.05) is 5.43 Å². The smallest absolute Gasteiger partial charge is 0.272 e. The number of hydrogen-bond acceptors (Lipinski definition) is 5. The summed E-state index contributed by atoms with van der Waals surface area (Å²) in [6.07, 6.45) is 0. The third-order valence-electron chi connectivity index (χ3n) is 4.89. The van der Waals surface area contributed by atoms with E-state index in [1.165, 1.54) is 0 Å². The highest BCUT2D eigenvalue weighted by Crippen LogP contribution is 2.24. The van der Waals surface area contributed by atoms with E-state index in [1.807, 2.05) is 95.6 Å². The zero-order valence-corrected chi connectivity index (χ0v) is 16.9. The summed E-state index contributed by atoms with van der Waals surface area (Å²) >= 11 is 0. The summed E-state index contributed by atoms with van der Waals surface area (Å²) in [7, 11) is 0. The zero-order valence-electron chi connectivity index (χ0n) is 16.9. The molecule has 2 aromatic heterocycles. The van der Waals surface area contributed by atoms with Gasteiger partial charge in [0.15, 0.2) is 5.82 Å². The first-order chi connectivity index (χ1) is 15.8. The number of benzene rings is 3. The molecule has 0 bridgehead atoms. The average molecular weight is 421 g/mol. The number of nitrogens with one attached hydrogen (secondary N) is 3. The van der Waals surface area contributed by atoms with Crippen molar-refractivity contribution in [2.24, 2.45) is 0 Å². The van der Waals surface area contributed by atoms with Gasteiger partial charge < -0.3 is 0 Å². The minimum atomic E-state index is -0.372. The molecule has 0 aliphatic heterocycles. The minimum absolute atomic E-state index is 0.324. The number of aromatic nitrogens is 5. The van der Waals surface area contributed by atoms with E-state index in [0.717, 1.165) is 16.8 Å². The lowest BCUT2D eigenvalue weighted by atomic mass is 10.1. The number of aromatic amines is 1. The molecule has 1 amide bonds. The molecule has 8 nitrogen and oxygen atoms in total. The fraction of sp³-hybridized carbons (Fsp3) is 0. The molecule has 8 heteroatoms. The second kappa shape index (κ2) is 8.57. The van der Waals surface area contributed by atoms with Gasteiger partial charge in [0, 0.05) is 11.1 Å². The van der Waals surface area contributed by atoms with Crippen LogP contribution in [0.25, 0.3) is 28.3 Å². The van der Waals surface area contributed by atoms with E-state index in [1.54, 1.807) is 6.07 Å². The maximum absolute atomic E-state index is 12.7. The molecule has 0 saturated carbocycles. The fourth-order valence-corrected chi connectivity index (χ4v) is 3.34. The van der Waals surface area contributed by atoms with Gasteiger partial charge in [0.25, 0.3) is 5.91 Å². The Morgan fingerprint density at radius 3 is 2.09 bits per heavy atom. The number of carbonyl (C=O) groups is 1. The quantitative estimate of drug-likeness (QED) is 0.359. The molecular formula is C24H19N7O. The molecule has 32 heavy (non-hydrogen) atoms. The van der Waals surface area contributed by atoms with Crippen LogP contribution in [-0.2, 0) is 0 Å². The first-order valence-corrected chi connectivity index (χ1v) is 10.0. The number of H-pyrrole nitrogens is 1. The molecule has 0 aliphatic carbocycles. The number of hydrazine groups is 1. The summed E-state index contributed by atoms with van der Waals surface area (Å²) in [6.45, 7) is 0. The molecule has 0 atom stereocenters. The van der Waals surface area contributed by atoms with Gasteiger partial charge in [0.05, 0.1) is 11.4 Å². The Labute approximate surface area is 183 Å². The van der Waals surface area contributed by atoms with Crippen molar-refractivity contribution < 1.29 is 4.79 Å². The predicted octanol–water partition coefficient (Wildman–Crippen LogP) is 4.08. The van der Waals surface area contributed by atoms with Gasteiger partial charge in [-0.1, -0.05) is 78.9 Å². The molecule has 156 valence electrons. The highest BCUT2D eigenvalue weighted by atomic mass is 16.2. The number of carbonyl (C=O) groups excluding carboxylic acids is 1. The van der Waals surface area contributed by atoms with Gasteiger partial charge >= 0.3 is 0 Å². The third kappa shape index (κ3) is 3.84. The first kappa shape index (κ1) is 19.3. The summed E-state index contributed by atoms with van der Waals surface area (Å²) in [4.78, 5) is 12.7. The van der Waals surface area contributed by atoms with E-state index in [2.05, 4.69) is 31.2 Å². The fourth-order valence-electron chi connectivity index (χ4n) is 3.34. The molecule has 0 unspecified atom stereocenters. The standard InChI is InChI=1S/C24H19N7O/c32-23(21-16-20(25-26-21)17-10-4-1-5-11-17)28-30-24-29-27-22(18-12-6-2-7-13-18)31(24)19-14-8-3-9-15-19/h1-16H,(H,25,26)(H,28,32)(H,29,30). The third-order valence-corrected chi connectivity index (χ3v) is 4.89. The van der Waals surface area contributed by atoms with E-state index in [4.69, 9.17) is 0 Å². The second-order valence-electron chi connectivity index (χ2n) is 7.00. The molecule has 0 saturated heterocycles. The molecule has 0 spiro atoms. The Hall–Kier alpha value is -4.72. The highest BCUT2D eigenvalue weighted by Gasteiger charge is 2.17. The number of para-hydroxylation sites is 1. The molecule has 2 heterocycles. The van der Waals surface area contributed by atoms with Crippen LogP contribution in [0.3, 0.4) is 0 Å². The van der Waals surface area contributed by atoms with Crippen molar-refractivity contribution in [2.45, 2.75) is 0 Å². The van der Waals surface area contributed by atoms with Gasteiger partial charge in [-0.15, -0.1) is 10.2 Å². The molecule has 5 rings (SSSR count). The largest absolute Gasteiger partial charge is 0.287 e. The van der Waals surface area contributed by atoms with Crippen molar-refractivity contribution in [3.8, 4) is 28.3 Å². The Morgan fingerprint density at radius 2 is 1.41 bits per heavy atom. The molecule has 0 fully saturated rings. The average Bonchev–Trinajstić information content (AvgIpc) is 3.52. The summed E-state index contributed by atoms with van der Waals surface area (Å²) in [5.41, 5.74) is 9.27. The van der Waals surface area contributed by atoms with Crippen LogP contribution in [0.15, 0.2) is 97.1 Å². The maximum Gasteiger partial charge on any atom is 0.287 e. The monoisotopic (exact) mass is 421 g/mol. The lowest BCUT2D eigenvalue weighted by Gasteiger charge is -2.12. The van der Waals surface area contributed by atoms with Gasteiger partial charge in [-0.3, -0.25) is 25.3 Å². The number of nitrogens with zero attached hydrogens (tertiary/aromatic N) is 4. The Bertz CT molecular complexity index is 1330. The molecule has 0 aliphatic rings. The number of rotatable bonds is 6. The number of anilines is 1. The summed E-state index contributed by atoms with van der Waals surface area (Å²) in [5, 5.41) is 15.6. The van der Waals surface area contributed by atoms with E-state index in [9.17, 15) is 4.79 Å². The normalized spacial score (nSPS) is 10.6. The van der Waals surface area contributed by atoms with Crippen LogP contribution in [0.2, 0.25) is 0 Å². The van der Waals surface area contributed by atoms with Gasteiger partial charge in [-0.2, -0.15) is 5.10 Å². The van der Waals surface area contributed by atoms with E-state index < -0.39 is 0 Å². The minimum Gasteiger partial charge on any atom is -0.272 e. The first-order valence-electron chi connectivity index (χ1n) is 10.0. The van der Waals surface area contributed by atoms with Crippen LogP contribution in [0, 0.1) is 0 Å². The van der Waals surface area contributed by atoms with Crippen LogP contribution < -0.4 is 10.9 Å². The maximum atomic E-state index is 12.7. The van der Waals surface area contributed by atoms with Gasteiger partial charge in [0.2, 0.25) is 5.95 Å². The van der Waals surface area contributed by atoms with E-state index in [-0.39, 0.29) is 5.91 Å². The Kier molecular flexibility index (Phi) is 5.15. The van der Waals surface area contributed by atoms with Crippen LogP contribution in [0.5, 0.6) is 0 Å². The van der Waals surface area contributed by atoms with Crippen molar-refractivity contribution in [1.29, 1.82) is 0 Å². The Balaban J connectivity index is 1.40. The van der Waals surface area contributed by atoms with Crippen LogP contribution in [0.1, 0.15) is 10.5 Å². The van der Waals surface area contributed by atoms with Crippen molar-refractivity contribution in [3.63, 3.8) is 0 Å². The lowest BCUT2D eigenvalue weighted by Crippen LogP contribution is -2.31. The molecule has 3 N–H and O–H groups in total. The lowest BCUT2D eigenvalue weighted by molar-refractivity contribution is 0.0957. The molecular weight excluding hydrogens is 402 g/mol. The SMILES string of the molecule is O=C(NNc1nnc(-c2ccccc2)n1-c1ccccc1)c1cc(-c2ccccc2)n[nH]1. The molecule has 3 aromatic carbocycles. The second-order valence-corrected chi connectivity index (χ2v) is 7.00. The van der Waals surface area contributed by atoms with Gasteiger partial charge in [-0.25, -0.2) is 0 Å². The molecule has 5 aromatic rings. The summed E-state index contributed by atoms with van der Waals surface area (Å²) in [6, 6.07) is 30.8. The number of amides is 1. The number of hydrogen-bond donors (Lipinski definition) is 3. The topological polar surface area (TPSA) is 101 Å². The van der Waals surface area contributed by atoms with Crippen molar-refractivity contribution in [3.05, 3.63) is 103 Å². The van der Waals surface area contributed by atoms with E-state index >= 15 is 0 Å². The van der Waals surface area contributed by atoms with E-state index in [0.29, 0.717) is 23.2 Å². The summed E-state index contributed by atoms with van der Waals surface area (Å²) in [5.74, 6) is 0.663. The predicted molar refractivity (Wildman–Crippen MR) is 122 cm³/mol. The van der Waals surface area contributed by atoms with Crippen LogP contribution in [-0.4, -0.2) is 30.9 Å². The molecule has 0 radical (unpaired) electrons. The van der Waals surface area contributed by atoms with Gasteiger partial charge in [0.1, 0.15) is 5.69 Å². The van der Waals surface area contributed by atoms with Crippen LogP contribution >= 0.6 is 0 Å². The van der Waals surface area contributed by atoms with Crippen molar-refractivity contribution >= 4 is 11.9 Å².